The number of aromatic nitrogens is 1. The third-order valence-electron chi connectivity index (χ3n) is 3.71. The van der Waals surface area contributed by atoms with Crippen LogP contribution in [0.25, 0.3) is 0 Å². The quantitative estimate of drug-likeness (QED) is 0.838. The molecule has 3 rings (SSSR count). The second-order valence-corrected chi connectivity index (χ2v) is 7.39. The minimum absolute atomic E-state index is 0.228. The maximum absolute atomic E-state index is 5.68. The van der Waals surface area contributed by atoms with Gasteiger partial charge in [0.05, 0.1) is 0 Å². The lowest BCUT2D eigenvalue weighted by atomic mass is 10.1. The highest BCUT2D eigenvalue weighted by Gasteiger charge is 2.20. The molecule has 1 N–H and O–H groups in total. The molecule has 0 spiro atoms. The molecule has 2 aromatic rings. The Bertz CT molecular complexity index is 595. The fourth-order valence-corrected chi connectivity index (χ4v) is 3.84. The Morgan fingerprint density at radius 2 is 2.43 bits per heavy atom. The van der Waals surface area contributed by atoms with Gasteiger partial charge in [0.15, 0.2) is 0 Å². The van der Waals surface area contributed by atoms with Gasteiger partial charge >= 0.3 is 0 Å². The van der Waals surface area contributed by atoms with Crippen molar-refractivity contribution in [1.29, 1.82) is 0 Å². The van der Waals surface area contributed by atoms with Gasteiger partial charge in [-0.25, -0.2) is 4.98 Å². The second-order valence-electron chi connectivity index (χ2n) is 5.32. The highest BCUT2D eigenvalue weighted by Crippen LogP contribution is 2.31. The molecule has 112 valence electrons. The smallest absolute Gasteiger partial charge is 0.122 e. The van der Waals surface area contributed by atoms with Gasteiger partial charge in [0.25, 0.3) is 0 Å². The van der Waals surface area contributed by atoms with Crippen LogP contribution in [0, 0.1) is 0 Å². The van der Waals surface area contributed by atoms with E-state index in [4.69, 9.17) is 4.74 Å². The zero-order valence-electron chi connectivity index (χ0n) is 12.0. The van der Waals surface area contributed by atoms with E-state index in [1.54, 1.807) is 11.3 Å². The van der Waals surface area contributed by atoms with E-state index in [9.17, 15) is 0 Å². The lowest BCUT2D eigenvalue weighted by Gasteiger charge is -2.13. The number of hydrogen-bond acceptors (Lipinski definition) is 4. The monoisotopic (exact) mass is 366 g/mol. The molecule has 0 unspecified atom stereocenters. The van der Waals surface area contributed by atoms with Crippen LogP contribution in [0.5, 0.6) is 0 Å². The SMILES string of the molecule is C[C@@H](NCc1cnc([C@H]2CCCO2)s1)c1cccc(Br)c1. The fourth-order valence-electron chi connectivity index (χ4n) is 2.47. The molecule has 1 aromatic heterocycles. The van der Waals surface area contributed by atoms with Gasteiger partial charge in [0.2, 0.25) is 0 Å². The molecule has 0 aliphatic carbocycles. The molecule has 0 amide bonds. The van der Waals surface area contributed by atoms with E-state index < -0.39 is 0 Å². The number of benzene rings is 1. The standard InChI is InChI=1S/C16H19BrN2OS/c1-11(12-4-2-5-13(17)8-12)18-9-14-10-19-16(21-14)15-6-3-7-20-15/h2,4-5,8,10-11,15,18H,3,6-7,9H2,1H3/t11-,15-/m1/s1. The van der Waals surface area contributed by atoms with Crippen LogP contribution in [0.15, 0.2) is 34.9 Å². The summed E-state index contributed by atoms with van der Waals surface area (Å²) in [6.07, 6.45) is 4.46. The van der Waals surface area contributed by atoms with E-state index in [1.807, 2.05) is 12.3 Å². The van der Waals surface area contributed by atoms with Gasteiger partial charge in [0, 0.05) is 34.7 Å². The summed E-state index contributed by atoms with van der Waals surface area (Å²) in [6, 6.07) is 8.73. The Labute approximate surface area is 137 Å². The molecule has 5 heteroatoms. The number of hydrogen-bond donors (Lipinski definition) is 1. The zero-order chi connectivity index (χ0) is 14.7. The van der Waals surface area contributed by atoms with Crippen molar-refractivity contribution in [3.8, 4) is 0 Å². The van der Waals surface area contributed by atoms with Crippen LogP contribution in [0.2, 0.25) is 0 Å². The topological polar surface area (TPSA) is 34.2 Å². The molecule has 1 aromatic carbocycles. The minimum atomic E-state index is 0.228. The van der Waals surface area contributed by atoms with Crippen LogP contribution in [0.4, 0.5) is 0 Å². The molecule has 1 fully saturated rings. The Hall–Kier alpha value is -0.750. The number of halogens is 1. The number of rotatable bonds is 5. The van der Waals surface area contributed by atoms with Crippen molar-refractivity contribution in [2.45, 2.75) is 38.5 Å². The van der Waals surface area contributed by atoms with Gasteiger partial charge in [-0.2, -0.15) is 0 Å². The number of ether oxygens (including phenoxy) is 1. The van der Waals surface area contributed by atoms with Crippen molar-refractivity contribution in [2.24, 2.45) is 0 Å². The molecule has 3 nitrogen and oxygen atoms in total. The molecule has 0 bridgehead atoms. The summed E-state index contributed by atoms with van der Waals surface area (Å²) in [5.41, 5.74) is 1.29. The Balaban J connectivity index is 1.57. The number of nitrogens with zero attached hydrogens (tertiary/aromatic N) is 1. The van der Waals surface area contributed by atoms with Crippen molar-refractivity contribution < 1.29 is 4.74 Å². The number of thiazole rings is 1. The van der Waals surface area contributed by atoms with E-state index >= 15 is 0 Å². The summed E-state index contributed by atoms with van der Waals surface area (Å²) < 4.78 is 6.80. The molecule has 0 saturated carbocycles. The van der Waals surface area contributed by atoms with Gasteiger partial charge in [-0.3, -0.25) is 0 Å². The van der Waals surface area contributed by atoms with E-state index in [0.717, 1.165) is 35.5 Å². The van der Waals surface area contributed by atoms with Crippen LogP contribution >= 0.6 is 27.3 Å². The van der Waals surface area contributed by atoms with Crippen LogP contribution < -0.4 is 5.32 Å². The van der Waals surface area contributed by atoms with Gasteiger partial charge < -0.3 is 10.1 Å². The first-order valence-electron chi connectivity index (χ1n) is 7.27. The van der Waals surface area contributed by atoms with Gasteiger partial charge in [0.1, 0.15) is 11.1 Å². The van der Waals surface area contributed by atoms with Crippen molar-refractivity contribution in [3.05, 3.63) is 50.4 Å². The van der Waals surface area contributed by atoms with Crippen LogP contribution in [0.1, 0.15) is 47.4 Å². The summed E-state index contributed by atoms with van der Waals surface area (Å²) in [6.45, 7) is 3.90. The Morgan fingerprint density at radius 3 is 3.19 bits per heavy atom. The summed E-state index contributed by atoms with van der Waals surface area (Å²) in [5.74, 6) is 0. The summed E-state index contributed by atoms with van der Waals surface area (Å²) in [7, 11) is 0. The fraction of sp³-hybridized carbons (Fsp3) is 0.438. The molecule has 21 heavy (non-hydrogen) atoms. The molecular formula is C16H19BrN2OS. The maximum Gasteiger partial charge on any atom is 0.122 e. The van der Waals surface area contributed by atoms with Crippen LogP contribution in [0.3, 0.4) is 0 Å². The molecule has 2 atom stereocenters. The average molecular weight is 367 g/mol. The number of nitrogens with one attached hydrogen (secondary N) is 1. The normalized spacial score (nSPS) is 19.8. The Morgan fingerprint density at radius 1 is 1.52 bits per heavy atom. The molecule has 0 radical (unpaired) electrons. The summed E-state index contributed by atoms with van der Waals surface area (Å²) in [5, 5.41) is 4.68. The highest BCUT2D eigenvalue weighted by molar-refractivity contribution is 9.10. The van der Waals surface area contributed by atoms with Crippen molar-refractivity contribution in [3.63, 3.8) is 0 Å². The first-order chi connectivity index (χ1) is 10.2. The first-order valence-corrected chi connectivity index (χ1v) is 8.88. The average Bonchev–Trinajstić information content (AvgIpc) is 3.15. The van der Waals surface area contributed by atoms with E-state index in [-0.39, 0.29) is 6.10 Å². The van der Waals surface area contributed by atoms with Crippen molar-refractivity contribution in [2.75, 3.05) is 6.61 Å². The predicted molar refractivity (Wildman–Crippen MR) is 89.4 cm³/mol. The highest BCUT2D eigenvalue weighted by atomic mass is 79.9. The first kappa shape index (κ1) is 15.2. The maximum atomic E-state index is 5.68. The lowest BCUT2D eigenvalue weighted by molar-refractivity contribution is 0.111. The van der Waals surface area contributed by atoms with E-state index in [1.165, 1.54) is 10.4 Å². The van der Waals surface area contributed by atoms with Crippen LogP contribution in [-0.2, 0) is 11.3 Å². The third-order valence-corrected chi connectivity index (χ3v) is 5.29. The molecular weight excluding hydrogens is 348 g/mol. The Kier molecular flexibility index (Phi) is 5.06. The van der Waals surface area contributed by atoms with E-state index in [0.29, 0.717) is 6.04 Å². The molecule has 1 aliphatic heterocycles. The van der Waals surface area contributed by atoms with Gasteiger partial charge in [-0.15, -0.1) is 11.3 Å². The molecule has 2 heterocycles. The summed E-state index contributed by atoms with van der Waals surface area (Å²) in [4.78, 5) is 5.78. The predicted octanol–water partition coefficient (Wildman–Crippen LogP) is 4.61. The summed E-state index contributed by atoms with van der Waals surface area (Å²) >= 11 is 5.28. The van der Waals surface area contributed by atoms with Gasteiger partial charge in [-0.05, 0) is 37.5 Å². The minimum Gasteiger partial charge on any atom is -0.371 e. The third kappa shape index (κ3) is 3.92. The second kappa shape index (κ2) is 7.01. The largest absolute Gasteiger partial charge is 0.371 e. The zero-order valence-corrected chi connectivity index (χ0v) is 14.4. The van der Waals surface area contributed by atoms with E-state index in [2.05, 4.69) is 51.4 Å². The lowest BCUT2D eigenvalue weighted by Crippen LogP contribution is -2.17. The molecule has 1 saturated heterocycles. The molecule has 1 aliphatic rings. The van der Waals surface area contributed by atoms with Crippen molar-refractivity contribution >= 4 is 27.3 Å². The van der Waals surface area contributed by atoms with Crippen LogP contribution in [-0.4, -0.2) is 11.6 Å². The van der Waals surface area contributed by atoms with Gasteiger partial charge in [-0.1, -0.05) is 28.1 Å². The van der Waals surface area contributed by atoms with Crippen molar-refractivity contribution in [1.82, 2.24) is 10.3 Å².